The summed E-state index contributed by atoms with van der Waals surface area (Å²) in [5.74, 6) is 2.23. The number of thiazole rings is 1. The molecule has 2 bridgehead atoms. The first-order valence-electron chi connectivity index (χ1n) is 10.6. The van der Waals surface area contributed by atoms with Crippen molar-refractivity contribution in [2.24, 2.45) is 17.8 Å². The number of carbonyl (C=O) groups excluding carboxylic acids is 1. The lowest BCUT2D eigenvalue weighted by Crippen LogP contribution is -2.34. The van der Waals surface area contributed by atoms with Crippen LogP contribution in [0.2, 0.25) is 5.02 Å². The molecule has 0 saturated heterocycles. The minimum atomic E-state index is -0.187. The zero-order chi connectivity index (χ0) is 21.1. The Morgan fingerprint density at radius 3 is 2.74 bits per heavy atom. The van der Waals surface area contributed by atoms with Gasteiger partial charge in [-0.25, -0.2) is 0 Å². The fourth-order valence-corrected chi connectivity index (χ4v) is 9.99. The molecular weight excluding hydrogens is 468 g/mol. The van der Waals surface area contributed by atoms with E-state index in [-0.39, 0.29) is 17.3 Å². The van der Waals surface area contributed by atoms with Crippen molar-refractivity contribution < 1.29 is 4.79 Å². The maximum Gasteiger partial charge on any atom is 0.308 e. The van der Waals surface area contributed by atoms with Crippen molar-refractivity contribution in [1.29, 1.82) is 0 Å². The van der Waals surface area contributed by atoms with E-state index >= 15 is 0 Å². The van der Waals surface area contributed by atoms with Gasteiger partial charge in [-0.05, 0) is 72.7 Å². The van der Waals surface area contributed by atoms with Crippen molar-refractivity contribution in [2.45, 2.75) is 42.0 Å². The highest BCUT2D eigenvalue weighted by Gasteiger charge is 2.55. The molecule has 0 radical (unpaired) electrons. The Kier molecular flexibility index (Phi) is 5.05. The van der Waals surface area contributed by atoms with E-state index in [0.29, 0.717) is 27.8 Å². The van der Waals surface area contributed by atoms with E-state index in [4.69, 9.17) is 11.6 Å². The van der Waals surface area contributed by atoms with E-state index in [1.54, 1.807) is 40.2 Å². The van der Waals surface area contributed by atoms with Crippen LogP contribution in [0.3, 0.4) is 0 Å². The summed E-state index contributed by atoms with van der Waals surface area (Å²) in [6.07, 6.45) is 3.94. The molecule has 2 fully saturated rings. The van der Waals surface area contributed by atoms with Crippen LogP contribution < -0.4 is 10.2 Å². The molecule has 0 spiro atoms. The summed E-state index contributed by atoms with van der Waals surface area (Å²) in [4.78, 5) is 28.3. The third kappa shape index (κ3) is 3.41. The number of thiophene rings is 1. The van der Waals surface area contributed by atoms with Crippen LogP contribution >= 0.6 is 46.0 Å². The number of rotatable bonds is 4. The molecule has 3 heterocycles. The van der Waals surface area contributed by atoms with Gasteiger partial charge >= 0.3 is 4.87 Å². The summed E-state index contributed by atoms with van der Waals surface area (Å²) >= 11 is 10.9. The molecule has 1 amide bonds. The second-order valence-electron chi connectivity index (χ2n) is 8.66. The maximum absolute atomic E-state index is 13.0. The second kappa shape index (κ2) is 7.80. The lowest BCUT2D eigenvalue weighted by Gasteiger charge is -2.40. The van der Waals surface area contributed by atoms with E-state index in [2.05, 4.69) is 22.8 Å². The fraction of sp³-hybridized carbons (Fsp3) is 0.391. The number of thioether (sulfide) groups is 1. The van der Waals surface area contributed by atoms with Gasteiger partial charge in [0, 0.05) is 31.6 Å². The Bertz CT molecular complexity index is 1180. The molecule has 1 aromatic carbocycles. The zero-order valence-electron chi connectivity index (χ0n) is 16.6. The third-order valence-electron chi connectivity index (χ3n) is 6.97. The predicted octanol–water partition coefficient (Wildman–Crippen LogP) is 5.92. The van der Waals surface area contributed by atoms with Gasteiger partial charge in [0.15, 0.2) is 0 Å². The average Bonchev–Trinajstić information content (AvgIpc) is 3.54. The number of halogens is 1. The monoisotopic (exact) mass is 488 g/mol. The Morgan fingerprint density at radius 2 is 1.97 bits per heavy atom. The number of benzene rings is 1. The number of nitrogens with one attached hydrogen (secondary N) is 1. The van der Waals surface area contributed by atoms with Gasteiger partial charge in [0.2, 0.25) is 5.91 Å². The maximum atomic E-state index is 13.0. The molecule has 3 aliphatic rings. The number of carbonyl (C=O) groups is 1. The minimum Gasteiger partial charge on any atom is -0.325 e. The molecule has 5 atom stereocenters. The van der Waals surface area contributed by atoms with Gasteiger partial charge in [-0.2, -0.15) is 0 Å². The minimum absolute atomic E-state index is 0.0300. The average molecular weight is 489 g/mol. The van der Waals surface area contributed by atoms with Crippen LogP contribution in [-0.2, 0) is 11.3 Å². The van der Waals surface area contributed by atoms with Crippen molar-refractivity contribution in [3.63, 3.8) is 0 Å². The lowest BCUT2D eigenvalue weighted by molar-refractivity contribution is -0.116. The molecule has 5 unspecified atom stereocenters. The number of fused-ring (bicyclic) bond motifs is 6. The van der Waals surface area contributed by atoms with Gasteiger partial charge in [-0.1, -0.05) is 29.0 Å². The molecule has 1 aliphatic heterocycles. The van der Waals surface area contributed by atoms with E-state index in [9.17, 15) is 9.59 Å². The first-order chi connectivity index (χ1) is 15.1. The van der Waals surface area contributed by atoms with Crippen LogP contribution in [0, 0.1) is 17.8 Å². The number of anilines is 1. The standard InChI is InChI=1S/C23H21ClN2O2S3/c24-14-5-7-15(8-6-14)25-17(27)11-26-22-21(31-23(26)28)19(16-2-1-9-29-16)18-12-3-4-13(10-12)20(18)30-22/h1-2,5-9,12-13,18-20H,3-4,10-11H2,(H,25,27). The van der Waals surface area contributed by atoms with Crippen LogP contribution in [0.15, 0.2) is 51.6 Å². The second-order valence-corrected chi connectivity index (χ2v) is 12.2. The SMILES string of the molecule is O=C(Cn1c2c(sc1=O)C(c1cccs1)C1C3CCC(C3)C1S2)Nc1ccc(Cl)cc1. The number of nitrogens with zero attached hydrogens (tertiary/aromatic N) is 1. The largest absolute Gasteiger partial charge is 0.325 e. The summed E-state index contributed by atoms with van der Waals surface area (Å²) in [5, 5.41) is 7.23. The molecule has 2 saturated carbocycles. The number of amides is 1. The summed E-state index contributed by atoms with van der Waals surface area (Å²) in [7, 11) is 0. The highest BCUT2D eigenvalue weighted by atomic mass is 35.5. The number of hydrogen-bond donors (Lipinski definition) is 1. The van der Waals surface area contributed by atoms with Gasteiger partial charge in [0.25, 0.3) is 0 Å². The van der Waals surface area contributed by atoms with Crippen molar-refractivity contribution in [3.8, 4) is 0 Å². The highest BCUT2D eigenvalue weighted by Crippen LogP contribution is 2.64. The van der Waals surface area contributed by atoms with Gasteiger partial charge in [-0.15, -0.1) is 23.1 Å². The number of aromatic nitrogens is 1. The highest BCUT2D eigenvalue weighted by molar-refractivity contribution is 8.00. The molecular formula is C23H21ClN2O2S3. The van der Waals surface area contributed by atoms with E-state index < -0.39 is 0 Å². The van der Waals surface area contributed by atoms with Gasteiger partial charge < -0.3 is 5.32 Å². The van der Waals surface area contributed by atoms with Crippen molar-refractivity contribution in [3.05, 3.63) is 66.2 Å². The smallest absolute Gasteiger partial charge is 0.308 e. The molecule has 2 aliphatic carbocycles. The van der Waals surface area contributed by atoms with Crippen LogP contribution in [-0.4, -0.2) is 15.7 Å². The summed E-state index contributed by atoms with van der Waals surface area (Å²) in [5.41, 5.74) is 0.684. The van der Waals surface area contributed by atoms with Crippen LogP contribution in [0.4, 0.5) is 5.69 Å². The first-order valence-corrected chi connectivity index (χ1v) is 13.5. The van der Waals surface area contributed by atoms with Crippen LogP contribution in [0.5, 0.6) is 0 Å². The normalized spacial score (nSPS) is 28.4. The third-order valence-corrected chi connectivity index (χ3v) is 11.0. The molecule has 160 valence electrons. The molecule has 2 aromatic heterocycles. The van der Waals surface area contributed by atoms with E-state index in [1.807, 2.05) is 11.8 Å². The Morgan fingerprint density at radius 1 is 1.16 bits per heavy atom. The summed E-state index contributed by atoms with van der Waals surface area (Å²) in [6.45, 7) is 0.0446. The molecule has 4 nitrogen and oxygen atoms in total. The Hall–Kier alpha value is -1.54. The van der Waals surface area contributed by atoms with Crippen molar-refractivity contribution in [2.75, 3.05) is 5.32 Å². The summed E-state index contributed by atoms with van der Waals surface area (Å²) in [6, 6.07) is 11.4. The van der Waals surface area contributed by atoms with E-state index in [1.165, 1.54) is 40.4 Å². The Labute approximate surface area is 197 Å². The predicted molar refractivity (Wildman–Crippen MR) is 129 cm³/mol. The molecule has 6 rings (SSSR count). The number of hydrogen-bond acceptors (Lipinski definition) is 5. The lowest BCUT2D eigenvalue weighted by atomic mass is 9.77. The molecule has 31 heavy (non-hydrogen) atoms. The van der Waals surface area contributed by atoms with E-state index in [0.717, 1.165) is 16.9 Å². The van der Waals surface area contributed by atoms with Gasteiger partial charge in [0.1, 0.15) is 6.54 Å². The molecule has 1 N–H and O–H groups in total. The quantitative estimate of drug-likeness (QED) is 0.496. The first kappa shape index (κ1) is 20.1. The van der Waals surface area contributed by atoms with Crippen molar-refractivity contribution >= 4 is 57.6 Å². The van der Waals surface area contributed by atoms with Gasteiger partial charge in [-0.3, -0.25) is 14.2 Å². The topological polar surface area (TPSA) is 51.1 Å². The fourth-order valence-electron chi connectivity index (χ4n) is 5.75. The van der Waals surface area contributed by atoms with Crippen molar-refractivity contribution in [1.82, 2.24) is 4.57 Å². The zero-order valence-corrected chi connectivity index (χ0v) is 19.8. The molecule has 3 aromatic rings. The van der Waals surface area contributed by atoms with Gasteiger partial charge in [0.05, 0.1) is 5.03 Å². The molecule has 8 heteroatoms. The summed E-state index contributed by atoms with van der Waals surface area (Å²) < 4.78 is 1.71. The van der Waals surface area contributed by atoms with Crippen LogP contribution in [0.25, 0.3) is 0 Å². The van der Waals surface area contributed by atoms with Crippen LogP contribution in [0.1, 0.15) is 34.9 Å². The Balaban J connectivity index is 1.34.